The van der Waals surface area contributed by atoms with Gasteiger partial charge < -0.3 is 0 Å². The smallest absolute Gasteiger partial charge is 0.141 e. The topological polar surface area (TPSA) is 34.9 Å². The summed E-state index contributed by atoms with van der Waals surface area (Å²) in [6.07, 6.45) is 7.05. The Hall–Kier alpha value is -1.12. The normalized spacial score (nSPS) is 25.6. The molecule has 1 saturated carbocycles. The highest BCUT2D eigenvalue weighted by Crippen LogP contribution is 2.29. The third-order valence-electron chi connectivity index (χ3n) is 3.52. The number of ketones is 1. The molecule has 1 aliphatic carbocycles. The lowest BCUT2D eigenvalue weighted by molar-refractivity contribution is -0.123. The van der Waals surface area contributed by atoms with Crippen LogP contribution in [0.1, 0.15) is 38.3 Å². The van der Waals surface area contributed by atoms with E-state index in [0.717, 1.165) is 18.5 Å². The van der Waals surface area contributed by atoms with E-state index in [-0.39, 0.29) is 5.92 Å². The number of carbonyl (C=O) groups is 1. The standard InChI is InChI=1S/C13H20N2O/c1-10-4-3-5-11(8-10)13(16)9-12-6-7-15(2)14-12/h6-7,10-11H,3-5,8-9H2,1-2H3. The van der Waals surface area contributed by atoms with Gasteiger partial charge in [0.1, 0.15) is 5.78 Å². The Kier molecular flexibility index (Phi) is 3.42. The Labute approximate surface area is 96.8 Å². The van der Waals surface area contributed by atoms with E-state index >= 15 is 0 Å². The molecule has 2 atom stereocenters. The van der Waals surface area contributed by atoms with Crippen LogP contribution in [0.5, 0.6) is 0 Å². The molecule has 3 nitrogen and oxygen atoms in total. The van der Waals surface area contributed by atoms with Crippen molar-refractivity contribution >= 4 is 5.78 Å². The van der Waals surface area contributed by atoms with Crippen LogP contribution >= 0.6 is 0 Å². The van der Waals surface area contributed by atoms with E-state index in [1.54, 1.807) is 4.68 Å². The van der Waals surface area contributed by atoms with E-state index in [2.05, 4.69) is 12.0 Å². The third kappa shape index (κ3) is 2.71. The quantitative estimate of drug-likeness (QED) is 0.783. The van der Waals surface area contributed by atoms with Gasteiger partial charge in [-0.15, -0.1) is 0 Å². The summed E-state index contributed by atoms with van der Waals surface area (Å²) in [5.41, 5.74) is 0.908. The zero-order chi connectivity index (χ0) is 11.5. The van der Waals surface area contributed by atoms with Crippen LogP contribution in [0.25, 0.3) is 0 Å². The summed E-state index contributed by atoms with van der Waals surface area (Å²) in [5.74, 6) is 1.38. The minimum absolute atomic E-state index is 0.283. The van der Waals surface area contributed by atoms with Gasteiger partial charge in [0, 0.05) is 19.2 Å². The molecule has 1 aromatic rings. The van der Waals surface area contributed by atoms with Gasteiger partial charge in [0.25, 0.3) is 0 Å². The molecular weight excluding hydrogens is 200 g/mol. The van der Waals surface area contributed by atoms with E-state index in [1.807, 2.05) is 19.3 Å². The molecule has 0 spiro atoms. The molecule has 88 valence electrons. The summed E-state index contributed by atoms with van der Waals surface area (Å²) in [6, 6.07) is 1.93. The number of hydrogen-bond acceptors (Lipinski definition) is 2. The molecule has 3 heteroatoms. The summed E-state index contributed by atoms with van der Waals surface area (Å²) in [4.78, 5) is 12.1. The summed E-state index contributed by atoms with van der Waals surface area (Å²) >= 11 is 0. The predicted molar refractivity (Wildman–Crippen MR) is 63.0 cm³/mol. The van der Waals surface area contributed by atoms with E-state index in [0.29, 0.717) is 18.1 Å². The Morgan fingerprint density at radius 2 is 2.38 bits per heavy atom. The largest absolute Gasteiger partial charge is 0.299 e. The molecule has 0 saturated heterocycles. The van der Waals surface area contributed by atoms with Crippen LogP contribution in [-0.4, -0.2) is 15.6 Å². The summed E-state index contributed by atoms with van der Waals surface area (Å²) < 4.78 is 1.76. The third-order valence-corrected chi connectivity index (χ3v) is 3.52. The monoisotopic (exact) mass is 220 g/mol. The Morgan fingerprint density at radius 3 is 3.00 bits per heavy atom. The number of Topliss-reactive ketones (excluding diaryl/α,β-unsaturated/α-hetero) is 1. The van der Waals surface area contributed by atoms with Crippen molar-refractivity contribution in [1.29, 1.82) is 0 Å². The molecule has 0 amide bonds. The molecule has 2 unspecified atom stereocenters. The predicted octanol–water partition coefficient (Wildman–Crippen LogP) is 2.36. The van der Waals surface area contributed by atoms with Crippen molar-refractivity contribution in [2.45, 2.75) is 39.0 Å². The average Bonchev–Trinajstić information content (AvgIpc) is 2.64. The van der Waals surface area contributed by atoms with Crippen LogP contribution in [0, 0.1) is 11.8 Å². The van der Waals surface area contributed by atoms with Gasteiger partial charge in [0.15, 0.2) is 0 Å². The Balaban J connectivity index is 1.92. The lowest BCUT2D eigenvalue weighted by Crippen LogP contribution is -2.23. The van der Waals surface area contributed by atoms with Crippen LogP contribution in [-0.2, 0) is 18.3 Å². The molecular formula is C13H20N2O. The summed E-state index contributed by atoms with van der Waals surface area (Å²) in [6.45, 7) is 2.25. The molecule has 1 fully saturated rings. The highest BCUT2D eigenvalue weighted by Gasteiger charge is 2.25. The van der Waals surface area contributed by atoms with Crippen molar-refractivity contribution in [3.8, 4) is 0 Å². The molecule has 1 heterocycles. The molecule has 16 heavy (non-hydrogen) atoms. The summed E-state index contributed by atoms with van der Waals surface area (Å²) in [7, 11) is 1.89. The van der Waals surface area contributed by atoms with E-state index in [9.17, 15) is 4.79 Å². The van der Waals surface area contributed by atoms with Gasteiger partial charge in [-0.2, -0.15) is 5.10 Å². The fourth-order valence-corrected chi connectivity index (χ4v) is 2.61. The molecule has 1 aromatic heterocycles. The van der Waals surface area contributed by atoms with Crippen LogP contribution in [0.4, 0.5) is 0 Å². The molecule has 0 bridgehead atoms. The number of aryl methyl sites for hydroxylation is 1. The van der Waals surface area contributed by atoms with Crippen molar-refractivity contribution in [1.82, 2.24) is 9.78 Å². The van der Waals surface area contributed by atoms with Crippen LogP contribution in [0.2, 0.25) is 0 Å². The first-order valence-electron chi connectivity index (χ1n) is 6.16. The van der Waals surface area contributed by atoms with Crippen molar-refractivity contribution < 1.29 is 4.79 Å². The number of rotatable bonds is 3. The molecule has 2 rings (SSSR count). The van der Waals surface area contributed by atoms with Gasteiger partial charge in [0.2, 0.25) is 0 Å². The van der Waals surface area contributed by atoms with Crippen molar-refractivity contribution in [3.63, 3.8) is 0 Å². The fraction of sp³-hybridized carbons (Fsp3) is 0.692. The minimum Gasteiger partial charge on any atom is -0.299 e. The van der Waals surface area contributed by atoms with E-state index < -0.39 is 0 Å². The van der Waals surface area contributed by atoms with Crippen molar-refractivity contribution in [3.05, 3.63) is 18.0 Å². The molecule has 1 aliphatic rings. The fourth-order valence-electron chi connectivity index (χ4n) is 2.61. The first-order chi connectivity index (χ1) is 7.65. The SMILES string of the molecule is CC1CCCC(C(=O)Cc2ccn(C)n2)C1. The first kappa shape index (κ1) is 11.4. The minimum atomic E-state index is 0.283. The highest BCUT2D eigenvalue weighted by molar-refractivity contribution is 5.82. The van der Waals surface area contributed by atoms with Gasteiger partial charge in [0.05, 0.1) is 12.1 Å². The molecule has 0 radical (unpaired) electrons. The average molecular weight is 220 g/mol. The number of nitrogens with zero attached hydrogens (tertiary/aromatic N) is 2. The number of aromatic nitrogens is 2. The number of carbonyl (C=O) groups excluding carboxylic acids is 1. The molecule has 0 N–H and O–H groups in total. The van der Waals surface area contributed by atoms with E-state index in [4.69, 9.17) is 0 Å². The second-order valence-corrected chi connectivity index (χ2v) is 5.09. The van der Waals surface area contributed by atoms with Crippen LogP contribution in [0.15, 0.2) is 12.3 Å². The van der Waals surface area contributed by atoms with Crippen LogP contribution < -0.4 is 0 Å². The molecule has 0 aromatic carbocycles. The maximum Gasteiger partial charge on any atom is 0.141 e. The lowest BCUT2D eigenvalue weighted by Gasteiger charge is -2.25. The van der Waals surface area contributed by atoms with Gasteiger partial charge in [-0.05, 0) is 24.8 Å². The van der Waals surface area contributed by atoms with Gasteiger partial charge in [-0.3, -0.25) is 9.48 Å². The second kappa shape index (κ2) is 4.81. The maximum atomic E-state index is 12.1. The van der Waals surface area contributed by atoms with Crippen molar-refractivity contribution in [2.75, 3.05) is 0 Å². The van der Waals surface area contributed by atoms with Crippen LogP contribution in [0.3, 0.4) is 0 Å². The van der Waals surface area contributed by atoms with E-state index in [1.165, 1.54) is 12.8 Å². The summed E-state index contributed by atoms with van der Waals surface area (Å²) in [5, 5.41) is 4.26. The number of hydrogen-bond donors (Lipinski definition) is 0. The Morgan fingerprint density at radius 1 is 1.56 bits per heavy atom. The highest BCUT2D eigenvalue weighted by atomic mass is 16.1. The van der Waals surface area contributed by atoms with Gasteiger partial charge >= 0.3 is 0 Å². The maximum absolute atomic E-state index is 12.1. The van der Waals surface area contributed by atoms with Crippen molar-refractivity contribution in [2.24, 2.45) is 18.9 Å². The lowest BCUT2D eigenvalue weighted by atomic mass is 9.79. The molecule has 0 aliphatic heterocycles. The first-order valence-corrected chi connectivity index (χ1v) is 6.16. The zero-order valence-electron chi connectivity index (χ0n) is 10.1. The second-order valence-electron chi connectivity index (χ2n) is 5.09. The van der Waals surface area contributed by atoms with Gasteiger partial charge in [-0.1, -0.05) is 19.8 Å². The Bertz CT molecular complexity index is 370. The zero-order valence-corrected chi connectivity index (χ0v) is 10.1. The van der Waals surface area contributed by atoms with Gasteiger partial charge in [-0.25, -0.2) is 0 Å².